The predicted octanol–water partition coefficient (Wildman–Crippen LogP) is -0.0270. The van der Waals surface area contributed by atoms with E-state index >= 15 is 0 Å². The maximum Gasteiger partial charge on any atom is 0.305 e. The number of carbonyl (C=O) groups excluding carboxylic acids is 8. The molecule has 0 aromatic heterocycles. The molecule has 2 aliphatic rings. The number of thioether (sulfide) groups is 1. The van der Waals surface area contributed by atoms with Gasteiger partial charge in [0.1, 0.15) is 12.5 Å². The minimum atomic E-state index is -1.61. The molecule has 0 bridgehead atoms. The molecule has 0 spiro atoms. The predicted molar refractivity (Wildman–Crippen MR) is 433 cm³/mol. The fourth-order valence-corrected chi connectivity index (χ4v) is 15.4. The highest BCUT2D eigenvalue weighted by Gasteiger charge is 2.37. The number of carboxylic acids is 2. The van der Waals surface area contributed by atoms with Gasteiger partial charge in [-0.05, 0) is 112 Å². The van der Waals surface area contributed by atoms with Gasteiger partial charge in [-0.3, -0.25) is 68.5 Å². The van der Waals surface area contributed by atoms with Gasteiger partial charge in [-0.1, -0.05) is 62.2 Å². The lowest BCUT2D eigenvalue weighted by Gasteiger charge is -2.30. The van der Waals surface area contributed by atoms with E-state index in [1.165, 1.54) is 33.3 Å². The Labute approximate surface area is 675 Å². The molecule has 0 aliphatic carbocycles. The molecule has 0 saturated carbocycles. The van der Waals surface area contributed by atoms with Crippen LogP contribution in [-0.2, 0) is 63.8 Å². The number of aliphatic imine (C=N–C) groups is 1. The Morgan fingerprint density at radius 2 is 1.31 bits per heavy atom. The van der Waals surface area contributed by atoms with Crippen LogP contribution in [0.3, 0.4) is 0 Å². The Hall–Kier alpha value is -6.70. The number of carboxylic acid groups (broad SMARTS) is 2. The van der Waals surface area contributed by atoms with Gasteiger partial charge in [-0.15, -0.1) is 0 Å². The minimum absolute atomic E-state index is 0.0161. The maximum atomic E-state index is 13.9. The third kappa shape index (κ3) is 46.0. The van der Waals surface area contributed by atoms with Crippen molar-refractivity contribution in [3.05, 3.63) is 35.9 Å². The summed E-state index contributed by atoms with van der Waals surface area (Å²) in [6.07, 6.45) is -6.61. The Balaban J connectivity index is 0.000000864. The van der Waals surface area contributed by atoms with Crippen LogP contribution >= 0.6 is 33.3 Å². The van der Waals surface area contributed by atoms with Crippen LogP contribution in [0.25, 0.3) is 0 Å². The molecule has 2 saturated heterocycles. The third-order valence-corrected chi connectivity index (χ3v) is 22.8. The number of guanidine groups is 1. The van der Waals surface area contributed by atoms with Crippen molar-refractivity contribution < 1.29 is 104 Å². The van der Waals surface area contributed by atoms with Crippen molar-refractivity contribution in [2.24, 2.45) is 44.5 Å². The molecule has 22 N–H and O–H groups in total. The summed E-state index contributed by atoms with van der Waals surface area (Å²) >= 11 is 1.18. The second kappa shape index (κ2) is 57.4. The van der Waals surface area contributed by atoms with Crippen molar-refractivity contribution >= 4 is 110 Å². The smallest absolute Gasteiger partial charge is 0.305 e. The van der Waals surface area contributed by atoms with Gasteiger partial charge >= 0.3 is 11.9 Å². The number of nitrogens with zero attached hydrogens (tertiary/aromatic N) is 4. The quantitative estimate of drug-likeness (QED) is 0.00775. The highest BCUT2D eigenvalue weighted by molar-refractivity contribution is 8.76. The van der Waals surface area contributed by atoms with Gasteiger partial charge in [0.2, 0.25) is 29.5 Å². The molecule has 3 rings (SSSR count). The van der Waals surface area contributed by atoms with E-state index in [4.69, 9.17) is 31.4 Å². The molecule has 12 atom stereocenters. The molecule has 5 amide bonds. The summed E-state index contributed by atoms with van der Waals surface area (Å²) in [4.78, 5) is 135. The fourth-order valence-electron chi connectivity index (χ4n) is 11.5. The Kier molecular flexibility index (Phi) is 52.0. The summed E-state index contributed by atoms with van der Waals surface area (Å²) in [7, 11) is 2.59. The number of aliphatic hydroxyl groups is 5. The summed E-state index contributed by atoms with van der Waals surface area (Å²) in [5.74, 6) is -8.29. The van der Waals surface area contributed by atoms with Gasteiger partial charge in [0, 0.05) is 139 Å². The highest BCUT2D eigenvalue weighted by atomic mass is 33.1. The number of aliphatic carboxylic acids is 2. The van der Waals surface area contributed by atoms with Crippen LogP contribution in [0.15, 0.2) is 45.6 Å². The van der Waals surface area contributed by atoms with Crippen LogP contribution in [0.2, 0.25) is 0 Å². The lowest BCUT2D eigenvalue weighted by atomic mass is 9.92. The molecule has 644 valence electrons. The van der Waals surface area contributed by atoms with E-state index in [0.29, 0.717) is 96.6 Å². The van der Waals surface area contributed by atoms with Gasteiger partial charge in [-0.25, -0.2) is 0 Å². The number of ether oxygens (including phenoxy) is 2. The van der Waals surface area contributed by atoms with E-state index in [9.17, 15) is 83.7 Å². The number of hydrogen-bond acceptors (Lipinski definition) is 30. The first kappa shape index (κ1) is 102. The maximum absolute atomic E-state index is 13.9. The molecule has 1 aromatic carbocycles. The third-order valence-electron chi connectivity index (χ3n) is 18.9. The largest absolute Gasteiger partial charge is 0.481 e. The Bertz CT molecular complexity index is 3090. The zero-order chi connectivity index (χ0) is 84.5. The van der Waals surface area contributed by atoms with E-state index in [-0.39, 0.29) is 142 Å². The molecule has 3 unspecified atom stereocenters. The second-order valence-electron chi connectivity index (χ2n) is 29.2. The van der Waals surface area contributed by atoms with Gasteiger partial charge in [-0.2, -0.15) is 11.8 Å². The number of nitrogens with two attached hydrogens (primary N) is 2. The summed E-state index contributed by atoms with van der Waals surface area (Å²) in [6, 6.07) is 4.19. The fraction of sp³-hybridized carbons (Fsp3) is 0.743. The molecular formula is C74H129N15O21S3. The summed E-state index contributed by atoms with van der Waals surface area (Å²) in [5.41, 5.74) is 11.9. The number of rotatable bonds is 49. The van der Waals surface area contributed by atoms with Gasteiger partial charge in [0.25, 0.3) is 0 Å². The van der Waals surface area contributed by atoms with Crippen molar-refractivity contribution in [2.45, 2.75) is 224 Å². The molecule has 2 aliphatic heterocycles. The number of benzene rings is 1. The van der Waals surface area contributed by atoms with Crippen molar-refractivity contribution in [1.29, 1.82) is 0 Å². The number of aliphatic hydroxyl groups excluding tert-OH is 5. The highest BCUT2D eigenvalue weighted by Crippen LogP contribution is 2.32. The molecule has 39 heteroatoms. The molecular weight excluding hydrogens is 1530 g/mol. The van der Waals surface area contributed by atoms with Crippen LogP contribution in [0.5, 0.6) is 0 Å². The zero-order valence-electron chi connectivity index (χ0n) is 66.7. The normalized spacial score (nSPS) is 21.0. The van der Waals surface area contributed by atoms with Crippen molar-refractivity contribution in [1.82, 2.24) is 52.8 Å². The number of nitrogens with one attached hydrogen (secondary N) is 9. The van der Waals surface area contributed by atoms with Crippen molar-refractivity contribution in [3.63, 3.8) is 0 Å². The number of carbonyl (C=O) groups is 10. The number of Topliss-reactive ketones (excluding diaryl/α,β-unsaturated/α-hetero) is 3. The van der Waals surface area contributed by atoms with Crippen LogP contribution in [-0.4, -0.2) is 302 Å². The van der Waals surface area contributed by atoms with Crippen LogP contribution in [0.4, 0.5) is 0 Å². The van der Waals surface area contributed by atoms with Gasteiger partial charge < -0.3 is 104 Å². The molecule has 2 fully saturated rings. The summed E-state index contributed by atoms with van der Waals surface area (Å²) in [6.45, 7) is 21.1. The first-order valence-corrected chi connectivity index (χ1v) is 42.2. The monoisotopic (exact) mass is 1660 g/mol. The zero-order valence-corrected chi connectivity index (χ0v) is 69.2. The van der Waals surface area contributed by atoms with E-state index in [1.54, 1.807) is 39.8 Å². The SMILES string of the molecule is C/C(=N/O)C(C)(C)NCCN(CCNC(=O)CCC(=O)NCCOCCOCCCC(C)O)CCNC(C)(C)/C(C)=N\O.CCNC(=O)[C@@H]1CSSC[C@H](CC(=O)[C@H](CC(=O)O)NC(O)CCC(=O)[C@H](CCCN=C(N)N)NC(=O)[C@@H]2CSC[C@H](O)CCC(=O)N[C@@H](CC(=O)O)[C@H](O)C2)C(O)N[C@@H](Cc2ccccc2)C(=O)C1. The van der Waals surface area contributed by atoms with Gasteiger partial charge in [0.15, 0.2) is 23.3 Å². The van der Waals surface area contributed by atoms with E-state index in [0.717, 1.165) is 12.0 Å². The summed E-state index contributed by atoms with van der Waals surface area (Å²) < 4.78 is 10.8. The van der Waals surface area contributed by atoms with Crippen molar-refractivity contribution in [2.75, 3.05) is 108 Å². The Morgan fingerprint density at radius 3 is 1.90 bits per heavy atom. The van der Waals surface area contributed by atoms with Crippen LogP contribution < -0.4 is 59.3 Å². The molecule has 113 heavy (non-hydrogen) atoms. The minimum Gasteiger partial charge on any atom is -0.481 e. The van der Waals surface area contributed by atoms with Crippen molar-refractivity contribution in [3.8, 4) is 0 Å². The Morgan fingerprint density at radius 1 is 0.699 bits per heavy atom. The van der Waals surface area contributed by atoms with E-state index in [2.05, 4.69) is 68.1 Å². The van der Waals surface area contributed by atoms with Crippen LogP contribution in [0.1, 0.15) is 157 Å². The number of ketones is 3. The number of oxime groups is 2. The topological polar surface area (TPSA) is 572 Å². The first-order valence-electron chi connectivity index (χ1n) is 38.5. The first-order chi connectivity index (χ1) is 53.5. The second-order valence-corrected chi connectivity index (χ2v) is 32.8. The molecule has 36 nitrogen and oxygen atoms in total. The lowest BCUT2D eigenvalue weighted by molar-refractivity contribution is -0.140. The molecule has 1 aromatic rings. The summed E-state index contributed by atoms with van der Waals surface area (Å²) in [5, 5.41) is 123. The van der Waals surface area contributed by atoms with E-state index in [1.807, 2.05) is 45.9 Å². The van der Waals surface area contributed by atoms with Gasteiger partial charge in [0.05, 0.1) is 104 Å². The number of amides is 5. The van der Waals surface area contributed by atoms with Crippen LogP contribution in [0, 0.1) is 17.8 Å². The molecule has 0 radical (unpaired) electrons. The standard InChI is InChI=1S/C45H70N8O14S3.C29H59N7O7/c1-2-48-42(65)27-17-35(56)31(15-25-7-4-3-5-8-25)53-44(67)28(23-70-69-22-27)18-37(58)33(20-41(63)64)51-39(60)13-11-34(55)30(9-6-14-49-45(46)47)52-43(66)26-16-36(57)32(19-40(61)62)50-38(59)12-10-29(54)24-68-21-26;1-23(37)9-8-19-42-21-22-43-20-15-31-27(39)11-10-26(38)30-12-16-36(17-13-32-28(4,5)24(2)34-40)18-14-33-29(6,7)25(3)35-41/h3-5,7-8,26-33,36,39,44,51,53-54,57,60,67H,2,6,9-24H2,1H3,(H,48,65)(H,50,59)(H,52,66)(H,61,62)(H,63,64)(H4,46,47,49);23,32-33,37,40-41H,8-22H2,1-7H3,(H,30,38)(H,31,39)/b;34-24-,35-25-/t26-,27-,28-,29+,30-,31-,32-,33-,36+,39?,44?;/m0./s1. The average Bonchev–Trinajstić information content (AvgIpc) is 1.74. The molecule has 2 heterocycles. The average molecular weight is 1660 g/mol. The van der Waals surface area contributed by atoms with E-state index < -0.39 is 126 Å². The number of hydrogen-bond donors (Lipinski definition) is 20. The lowest BCUT2D eigenvalue weighted by Crippen LogP contribution is -2.51.